The first-order chi connectivity index (χ1) is 9.86. The summed E-state index contributed by atoms with van der Waals surface area (Å²) in [5, 5.41) is 0. The second-order valence-electron chi connectivity index (χ2n) is 5.54. The molecule has 0 aliphatic heterocycles. The second-order valence-corrected chi connectivity index (χ2v) is 6.17. The Morgan fingerprint density at radius 2 is 1.40 bits per heavy atom. The van der Waals surface area contributed by atoms with E-state index in [1.807, 2.05) is 0 Å². The van der Waals surface area contributed by atoms with Crippen molar-refractivity contribution in [3.63, 3.8) is 0 Å². The highest BCUT2D eigenvalue weighted by Gasteiger charge is 2.27. The van der Waals surface area contributed by atoms with E-state index >= 15 is 0 Å². The summed E-state index contributed by atoms with van der Waals surface area (Å²) in [5.41, 5.74) is 2.71. The predicted octanol–water partition coefficient (Wildman–Crippen LogP) is 5.01. The van der Waals surface area contributed by atoms with Crippen LogP contribution in [0.1, 0.15) is 37.0 Å². The van der Waals surface area contributed by atoms with E-state index in [4.69, 9.17) is 0 Å². The Morgan fingerprint density at radius 3 is 2.00 bits per heavy atom. The van der Waals surface area contributed by atoms with Gasteiger partial charge in [-0.25, -0.2) is 0 Å². The number of rotatable bonds is 4. The van der Waals surface area contributed by atoms with Crippen molar-refractivity contribution in [1.82, 2.24) is 0 Å². The van der Waals surface area contributed by atoms with E-state index in [1.54, 1.807) is 0 Å². The van der Waals surface area contributed by atoms with Gasteiger partial charge < -0.3 is 4.90 Å². The lowest BCUT2D eigenvalue weighted by Gasteiger charge is -2.37. The Hall–Kier alpha value is -1.33. The SMILES string of the molecule is PC(c1ccccc1)N(c1ccccc1)C1CCCC1. The highest BCUT2D eigenvalue weighted by molar-refractivity contribution is 7.17. The van der Waals surface area contributed by atoms with Crippen LogP contribution < -0.4 is 4.90 Å². The Balaban J connectivity index is 1.93. The van der Waals surface area contributed by atoms with Crippen LogP contribution in [-0.2, 0) is 0 Å². The normalized spacial score (nSPS) is 17.1. The largest absolute Gasteiger partial charge is 0.358 e. The fraction of sp³-hybridized carbons (Fsp3) is 0.333. The van der Waals surface area contributed by atoms with Gasteiger partial charge in [0, 0.05) is 11.7 Å². The Morgan fingerprint density at radius 1 is 0.850 bits per heavy atom. The van der Waals surface area contributed by atoms with Gasteiger partial charge in [0.25, 0.3) is 0 Å². The smallest absolute Gasteiger partial charge is 0.0684 e. The van der Waals surface area contributed by atoms with Crippen molar-refractivity contribution in [3.8, 4) is 0 Å². The summed E-state index contributed by atoms with van der Waals surface area (Å²) >= 11 is 0. The van der Waals surface area contributed by atoms with Crippen LogP contribution in [0.5, 0.6) is 0 Å². The maximum absolute atomic E-state index is 3.04. The molecule has 0 bridgehead atoms. The minimum absolute atomic E-state index is 0.349. The first-order valence-corrected chi connectivity index (χ1v) is 8.17. The number of anilines is 1. The van der Waals surface area contributed by atoms with E-state index < -0.39 is 0 Å². The molecule has 2 aromatic rings. The molecule has 0 amide bonds. The zero-order valence-corrected chi connectivity index (χ0v) is 12.9. The average molecular weight is 283 g/mol. The molecule has 0 N–H and O–H groups in total. The molecular weight excluding hydrogens is 261 g/mol. The minimum Gasteiger partial charge on any atom is -0.358 e. The molecule has 2 unspecified atom stereocenters. The summed E-state index contributed by atoms with van der Waals surface area (Å²) < 4.78 is 0. The van der Waals surface area contributed by atoms with Crippen molar-refractivity contribution in [3.05, 3.63) is 66.2 Å². The van der Waals surface area contributed by atoms with Gasteiger partial charge in [-0.15, -0.1) is 9.24 Å². The van der Waals surface area contributed by atoms with Crippen molar-refractivity contribution in [2.45, 2.75) is 37.5 Å². The molecule has 0 aromatic heterocycles. The van der Waals surface area contributed by atoms with Gasteiger partial charge >= 0.3 is 0 Å². The van der Waals surface area contributed by atoms with Gasteiger partial charge in [0.1, 0.15) is 0 Å². The monoisotopic (exact) mass is 283 g/mol. The third-order valence-electron chi connectivity index (χ3n) is 4.21. The fourth-order valence-corrected chi connectivity index (χ4v) is 3.83. The Bertz CT molecular complexity index is 520. The van der Waals surface area contributed by atoms with Crippen molar-refractivity contribution in [1.29, 1.82) is 0 Å². The van der Waals surface area contributed by atoms with Crippen LogP contribution in [0.3, 0.4) is 0 Å². The van der Waals surface area contributed by atoms with Crippen molar-refractivity contribution < 1.29 is 0 Å². The van der Waals surface area contributed by atoms with Gasteiger partial charge in [0.15, 0.2) is 0 Å². The highest BCUT2D eigenvalue weighted by Crippen LogP contribution is 2.38. The van der Waals surface area contributed by atoms with E-state index in [1.165, 1.54) is 36.9 Å². The lowest BCUT2D eigenvalue weighted by atomic mass is 10.1. The van der Waals surface area contributed by atoms with E-state index in [0.29, 0.717) is 11.8 Å². The highest BCUT2D eigenvalue weighted by atomic mass is 31.0. The molecule has 2 aromatic carbocycles. The quantitative estimate of drug-likeness (QED) is 0.713. The van der Waals surface area contributed by atoms with Gasteiger partial charge in [-0.3, -0.25) is 0 Å². The third kappa shape index (κ3) is 2.88. The number of nitrogens with zero attached hydrogens (tertiary/aromatic N) is 1. The lowest BCUT2D eigenvalue weighted by molar-refractivity contribution is 0.597. The molecule has 1 fully saturated rings. The first-order valence-electron chi connectivity index (χ1n) is 7.50. The van der Waals surface area contributed by atoms with Crippen LogP contribution >= 0.6 is 9.24 Å². The van der Waals surface area contributed by atoms with E-state index in [0.717, 1.165) is 0 Å². The average Bonchev–Trinajstić information content (AvgIpc) is 3.03. The third-order valence-corrected chi connectivity index (χ3v) is 4.92. The summed E-state index contributed by atoms with van der Waals surface area (Å²) in [6.07, 6.45) is 5.35. The zero-order valence-electron chi connectivity index (χ0n) is 11.8. The molecule has 2 atom stereocenters. The predicted molar refractivity (Wildman–Crippen MR) is 90.1 cm³/mol. The van der Waals surface area contributed by atoms with E-state index in [9.17, 15) is 0 Å². The molecule has 20 heavy (non-hydrogen) atoms. The molecule has 0 spiro atoms. The van der Waals surface area contributed by atoms with Crippen LogP contribution in [0.2, 0.25) is 0 Å². The summed E-state index contributed by atoms with van der Waals surface area (Å²) in [5.74, 6) is 0.349. The number of hydrogen-bond donors (Lipinski definition) is 0. The van der Waals surface area contributed by atoms with E-state index in [2.05, 4.69) is 74.8 Å². The first kappa shape index (κ1) is 13.6. The number of benzene rings is 2. The topological polar surface area (TPSA) is 3.24 Å². The molecule has 104 valence electrons. The van der Waals surface area contributed by atoms with Crippen LogP contribution in [-0.4, -0.2) is 6.04 Å². The van der Waals surface area contributed by atoms with Crippen molar-refractivity contribution >= 4 is 14.9 Å². The van der Waals surface area contributed by atoms with Gasteiger partial charge in [0.2, 0.25) is 0 Å². The fourth-order valence-electron chi connectivity index (χ4n) is 3.19. The number of para-hydroxylation sites is 1. The molecule has 1 nitrogen and oxygen atoms in total. The Kier molecular flexibility index (Phi) is 4.38. The summed E-state index contributed by atoms with van der Waals surface area (Å²) in [6, 6.07) is 22.3. The van der Waals surface area contributed by atoms with Crippen molar-refractivity contribution in [2.24, 2.45) is 0 Å². The minimum atomic E-state index is 0.349. The van der Waals surface area contributed by atoms with Crippen LogP contribution in [0.4, 0.5) is 5.69 Å². The van der Waals surface area contributed by atoms with Gasteiger partial charge in [-0.2, -0.15) is 0 Å². The Labute approximate surface area is 124 Å². The molecule has 1 saturated carbocycles. The lowest BCUT2D eigenvalue weighted by Crippen LogP contribution is -2.34. The van der Waals surface area contributed by atoms with Crippen LogP contribution in [0.25, 0.3) is 0 Å². The van der Waals surface area contributed by atoms with Crippen LogP contribution in [0.15, 0.2) is 60.7 Å². The van der Waals surface area contributed by atoms with Crippen LogP contribution in [0, 0.1) is 0 Å². The summed E-state index contributed by atoms with van der Waals surface area (Å²) in [6.45, 7) is 0. The van der Waals surface area contributed by atoms with Gasteiger partial charge in [0.05, 0.1) is 5.78 Å². The molecule has 1 aliphatic rings. The summed E-state index contributed by atoms with van der Waals surface area (Å²) in [4.78, 5) is 2.59. The standard InChI is InChI=1S/C18H22NP/c20-18(15-9-3-1-4-10-15)19(17-13-7-8-14-17)16-11-5-2-6-12-16/h1-6,9-12,17-18H,7-8,13-14,20H2. The van der Waals surface area contributed by atoms with Crippen molar-refractivity contribution in [2.75, 3.05) is 4.90 Å². The molecule has 1 aliphatic carbocycles. The second kappa shape index (κ2) is 6.41. The molecule has 0 radical (unpaired) electrons. The number of hydrogen-bond acceptors (Lipinski definition) is 1. The van der Waals surface area contributed by atoms with Gasteiger partial charge in [-0.05, 0) is 30.5 Å². The van der Waals surface area contributed by atoms with E-state index in [-0.39, 0.29) is 0 Å². The molecule has 0 saturated heterocycles. The summed E-state index contributed by atoms with van der Waals surface area (Å²) in [7, 11) is 3.04. The molecule has 0 heterocycles. The van der Waals surface area contributed by atoms with Gasteiger partial charge in [-0.1, -0.05) is 61.4 Å². The maximum atomic E-state index is 3.04. The zero-order chi connectivity index (χ0) is 13.8. The maximum Gasteiger partial charge on any atom is 0.0684 e. The molecular formula is C18H22NP. The molecule has 2 heteroatoms. The molecule has 3 rings (SSSR count).